The van der Waals surface area contributed by atoms with Crippen molar-refractivity contribution in [2.24, 2.45) is 0 Å². The van der Waals surface area contributed by atoms with Gasteiger partial charge in [-0.15, -0.1) is 0 Å². The zero-order chi connectivity index (χ0) is 12.5. The van der Waals surface area contributed by atoms with E-state index in [1.54, 1.807) is 6.07 Å². The molecule has 0 bridgehead atoms. The van der Waals surface area contributed by atoms with Gasteiger partial charge in [-0.25, -0.2) is 8.78 Å². The minimum Gasteiger partial charge on any atom is -0.207 e. The molecule has 1 aromatic rings. The molecule has 0 fully saturated rings. The van der Waals surface area contributed by atoms with Crippen molar-refractivity contribution in [3.63, 3.8) is 0 Å². The van der Waals surface area contributed by atoms with Crippen molar-refractivity contribution < 1.29 is 8.78 Å². The van der Waals surface area contributed by atoms with Gasteiger partial charge in [0.1, 0.15) is 11.6 Å². The van der Waals surface area contributed by atoms with Gasteiger partial charge >= 0.3 is 0 Å². The van der Waals surface area contributed by atoms with Crippen LogP contribution in [0.5, 0.6) is 0 Å². The maximum absolute atomic E-state index is 13.3. The Morgan fingerprint density at radius 2 is 1.53 bits per heavy atom. The Labute approximate surface area is 103 Å². The molecule has 0 atom stereocenters. The van der Waals surface area contributed by atoms with Crippen LogP contribution in [0, 0.1) is 11.6 Å². The molecule has 0 amide bonds. The molecule has 0 aliphatic heterocycles. The van der Waals surface area contributed by atoms with Crippen LogP contribution in [-0.4, -0.2) is 0 Å². The average molecular weight is 240 g/mol. The van der Waals surface area contributed by atoms with Gasteiger partial charge in [-0.3, -0.25) is 0 Å². The van der Waals surface area contributed by atoms with E-state index in [4.69, 9.17) is 0 Å². The van der Waals surface area contributed by atoms with Gasteiger partial charge in [0, 0.05) is 6.07 Å². The number of hydrogen-bond donors (Lipinski definition) is 0. The molecule has 17 heavy (non-hydrogen) atoms. The molecule has 1 aromatic carbocycles. The van der Waals surface area contributed by atoms with Gasteiger partial charge in [0.2, 0.25) is 0 Å². The lowest BCUT2D eigenvalue weighted by atomic mass is 10.0. The molecule has 0 radical (unpaired) electrons. The highest BCUT2D eigenvalue weighted by molar-refractivity contribution is 5.18. The molecule has 0 aromatic heterocycles. The van der Waals surface area contributed by atoms with Crippen LogP contribution in [-0.2, 0) is 6.42 Å². The van der Waals surface area contributed by atoms with Crippen molar-refractivity contribution in [3.05, 3.63) is 35.4 Å². The molecule has 2 heteroatoms. The highest BCUT2D eigenvalue weighted by Gasteiger charge is 2.03. The van der Waals surface area contributed by atoms with E-state index in [2.05, 4.69) is 6.92 Å². The van der Waals surface area contributed by atoms with Gasteiger partial charge in [-0.05, 0) is 24.5 Å². The molecule has 96 valence electrons. The smallest absolute Gasteiger partial charge is 0.129 e. The Morgan fingerprint density at radius 1 is 0.882 bits per heavy atom. The van der Waals surface area contributed by atoms with Crippen molar-refractivity contribution in [2.75, 3.05) is 0 Å². The Kier molecular flexibility index (Phi) is 6.83. The fourth-order valence-corrected chi connectivity index (χ4v) is 2.00. The van der Waals surface area contributed by atoms with Gasteiger partial charge in [-0.2, -0.15) is 0 Å². The third-order valence-corrected chi connectivity index (χ3v) is 3.06. The molecule has 0 aliphatic rings. The van der Waals surface area contributed by atoms with Gasteiger partial charge < -0.3 is 0 Å². The molecule has 0 N–H and O–H groups in total. The maximum Gasteiger partial charge on any atom is 0.129 e. The van der Waals surface area contributed by atoms with Gasteiger partial charge in [0.05, 0.1) is 0 Å². The second-order valence-corrected chi connectivity index (χ2v) is 4.61. The van der Waals surface area contributed by atoms with E-state index >= 15 is 0 Å². The second kappa shape index (κ2) is 8.21. The van der Waals surface area contributed by atoms with Gasteiger partial charge in [-0.1, -0.05) is 51.5 Å². The van der Waals surface area contributed by atoms with Crippen LogP contribution in [0.1, 0.15) is 57.4 Å². The molecule has 1 rings (SSSR count). The monoisotopic (exact) mass is 240 g/mol. The fourth-order valence-electron chi connectivity index (χ4n) is 2.00. The summed E-state index contributed by atoms with van der Waals surface area (Å²) >= 11 is 0. The SMILES string of the molecule is CCCCCCCCCc1ccc(F)cc1F. The first kappa shape index (κ1) is 14.1. The molecular weight excluding hydrogens is 218 g/mol. The summed E-state index contributed by atoms with van der Waals surface area (Å²) in [5.41, 5.74) is 0.639. The Morgan fingerprint density at radius 3 is 2.18 bits per heavy atom. The minimum atomic E-state index is -0.495. The number of rotatable bonds is 8. The third-order valence-electron chi connectivity index (χ3n) is 3.06. The Bertz CT molecular complexity index is 321. The summed E-state index contributed by atoms with van der Waals surface area (Å²) in [6.45, 7) is 2.21. The van der Waals surface area contributed by atoms with Gasteiger partial charge in [0.15, 0.2) is 0 Å². The normalized spacial score (nSPS) is 10.8. The van der Waals surface area contributed by atoms with E-state index in [0.29, 0.717) is 5.56 Å². The van der Waals surface area contributed by atoms with Crippen LogP contribution < -0.4 is 0 Å². The van der Waals surface area contributed by atoms with Crippen molar-refractivity contribution >= 4 is 0 Å². The second-order valence-electron chi connectivity index (χ2n) is 4.61. The van der Waals surface area contributed by atoms with Crippen LogP contribution in [0.4, 0.5) is 8.78 Å². The predicted octanol–water partition coefficient (Wildman–Crippen LogP) is 5.26. The van der Waals surface area contributed by atoms with E-state index in [1.807, 2.05) is 0 Å². The largest absolute Gasteiger partial charge is 0.207 e. The zero-order valence-electron chi connectivity index (χ0n) is 10.6. The standard InChI is InChI=1S/C15H22F2/c1-2-3-4-5-6-7-8-9-13-10-11-14(16)12-15(13)17/h10-12H,2-9H2,1H3. The van der Waals surface area contributed by atoms with E-state index in [0.717, 1.165) is 25.3 Å². The number of benzene rings is 1. The Hall–Kier alpha value is -0.920. The highest BCUT2D eigenvalue weighted by atomic mass is 19.1. The first-order valence-corrected chi connectivity index (χ1v) is 6.68. The number of hydrogen-bond acceptors (Lipinski definition) is 0. The molecule has 0 aliphatic carbocycles. The summed E-state index contributed by atoms with van der Waals surface area (Å²) in [5.74, 6) is -0.901. The highest BCUT2D eigenvalue weighted by Crippen LogP contribution is 2.14. The lowest BCUT2D eigenvalue weighted by Gasteiger charge is -2.03. The fraction of sp³-hybridized carbons (Fsp3) is 0.600. The number of aryl methyl sites for hydroxylation is 1. The zero-order valence-corrected chi connectivity index (χ0v) is 10.6. The van der Waals surface area contributed by atoms with Crippen LogP contribution in [0.15, 0.2) is 18.2 Å². The van der Waals surface area contributed by atoms with Gasteiger partial charge in [0.25, 0.3) is 0 Å². The molecule has 0 heterocycles. The lowest BCUT2D eigenvalue weighted by molar-refractivity contribution is 0.557. The van der Waals surface area contributed by atoms with E-state index in [9.17, 15) is 8.78 Å². The van der Waals surface area contributed by atoms with E-state index in [1.165, 1.54) is 38.2 Å². The minimum absolute atomic E-state index is 0.406. The van der Waals surface area contributed by atoms with Crippen molar-refractivity contribution in [1.29, 1.82) is 0 Å². The molecular formula is C15H22F2. The number of unbranched alkanes of at least 4 members (excludes halogenated alkanes) is 6. The molecule has 0 spiro atoms. The summed E-state index contributed by atoms with van der Waals surface area (Å²) < 4.78 is 26.0. The summed E-state index contributed by atoms with van der Waals surface area (Å²) in [4.78, 5) is 0. The molecule has 0 nitrogen and oxygen atoms in total. The van der Waals surface area contributed by atoms with Crippen LogP contribution >= 0.6 is 0 Å². The van der Waals surface area contributed by atoms with E-state index in [-0.39, 0.29) is 0 Å². The summed E-state index contributed by atoms with van der Waals surface area (Å²) in [6.07, 6.45) is 9.24. The number of halogens is 2. The van der Waals surface area contributed by atoms with Crippen LogP contribution in [0.3, 0.4) is 0 Å². The molecule has 0 saturated heterocycles. The average Bonchev–Trinajstić information content (AvgIpc) is 2.30. The van der Waals surface area contributed by atoms with Crippen LogP contribution in [0.2, 0.25) is 0 Å². The van der Waals surface area contributed by atoms with Crippen molar-refractivity contribution in [2.45, 2.75) is 58.3 Å². The van der Waals surface area contributed by atoms with Crippen molar-refractivity contribution in [3.8, 4) is 0 Å². The maximum atomic E-state index is 13.3. The summed E-state index contributed by atoms with van der Waals surface area (Å²) in [6, 6.07) is 3.86. The quantitative estimate of drug-likeness (QED) is 0.544. The van der Waals surface area contributed by atoms with E-state index < -0.39 is 11.6 Å². The topological polar surface area (TPSA) is 0 Å². The summed E-state index contributed by atoms with van der Waals surface area (Å²) in [7, 11) is 0. The van der Waals surface area contributed by atoms with Crippen molar-refractivity contribution in [1.82, 2.24) is 0 Å². The van der Waals surface area contributed by atoms with Crippen LogP contribution in [0.25, 0.3) is 0 Å². The Balaban J connectivity index is 2.14. The first-order chi connectivity index (χ1) is 8.24. The summed E-state index contributed by atoms with van der Waals surface area (Å²) in [5, 5.41) is 0. The third kappa shape index (κ3) is 5.81. The molecule has 0 unspecified atom stereocenters. The first-order valence-electron chi connectivity index (χ1n) is 6.68. The molecule has 0 saturated carbocycles. The lowest BCUT2D eigenvalue weighted by Crippen LogP contribution is -1.92. The predicted molar refractivity (Wildman–Crippen MR) is 68.1 cm³/mol.